The van der Waals surface area contributed by atoms with E-state index in [0.29, 0.717) is 0 Å². The lowest BCUT2D eigenvalue weighted by Crippen LogP contribution is -1.85. The lowest BCUT2D eigenvalue weighted by atomic mass is 10.3. The number of hydrogen-bond donors (Lipinski definition) is 2. The van der Waals surface area contributed by atoms with E-state index >= 15 is 0 Å². The smallest absolute Gasteiger partial charge is 0.239 e. The quantitative estimate of drug-likeness (QED) is 0.693. The van der Waals surface area contributed by atoms with E-state index < -0.39 is 4.45 Å². The Balaban J connectivity index is 0.000000245. The first-order chi connectivity index (χ1) is 7.09. The van der Waals surface area contributed by atoms with Gasteiger partial charge in [-0.3, -0.25) is 9.78 Å². The van der Waals surface area contributed by atoms with Crippen LogP contribution in [-0.2, 0) is 0 Å². The Morgan fingerprint density at radius 1 is 1.20 bits per heavy atom. The Labute approximate surface area is 98.8 Å². The van der Waals surface area contributed by atoms with Gasteiger partial charge in [-0.15, -0.1) is 0 Å². The third-order valence-electron chi connectivity index (χ3n) is 1.57. The normalized spacial score (nSPS) is 9.27. The highest BCUT2D eigenvalue weighted by Crippen LogP contribution is 2.06. The van der Waals surface area contributed by atoms with Crippen LogP contribution in [0.4, 0.5) is 4.79 Å². The maximum Gasteiger partial charge on any atom is 0.239 e. The number of carbonyl (C=O) groups excluding carboxylic acids is 1. The highest BCUT2D eigenvalue weighted by Gasteiger charge is 1.92. The summed E-state index contributed by atoms with van der Waals surface area (Å²) < 4.78 is -0.444. The molecule has 5 heteroatoms. The average molecular weight is 238 g/mol. The van der Waals surface area contributed by atoms with Crippen molar-refractivity contribution in [3.63, 3.8) is 0 Å². The molecule has 0 aliphatic heterocycles. The standard InChI is InChI=1S/C9H8N2.CH2OS2/c1-7-6-10-8-4-2-3-5-9(8)11-7;2-1(3)4/h2-6H,1H3;(H2,2,3,4). The fourth-order valence-electron chi connectivity index (χ4n) is 1.05. The molecule has 0 atom stereocenters. The van der Waals surface area contributed by atoms with Crippen LogP contribution in [0.25, 0.3) is 11.0 Å². The number of carbonyl (C=O) groups is 1. The van der Waals surface area contributed by atoms with Gasteiger partial charge in [-0.2, -0.15) is 0 Å². The van der Waals surface area contributed by atoms with Crippen LogP contribution in [0.3, 0.4) is 0 Å². The molecule has 3 nitrogen and oxygen atoms in total. The van der Waals surface area contributed by atoms with Gasteiger partial charge in [0, 0.05) is 6.20 Å². The monoisotopic (exact) mass is 238 g/mol. The predicted octanol–water partition coefficient (Wildman–Crippen LogP) is 2.90. The maximum atomic E-state index is 9.17. The second-order valence-corrected chi connectivity index (χ2v) is 3.95. The molecule has 0 N–H and O–H groups in total. The van der Waals surface area contributed by atoms with E-state index in [1.165, 1.54) is 0 Å². The van der Waals surface area contributed by atoms with Crippen LogP contribution in [0.2, 0.25) is 0 Å². The van der Waals surface area contributed by atoms with Gasteiger partial charge in [-0.1, -0.05) is 37.4 Å². The van der Waals surface area contributed by atoms with Gasteiger partial charge in [0.25, 0.3) is 0 Å². The van der Waals surface area contributed by atoms with Crippen LogP contribution in [0.5, 0.6) is 0 Å². The van der Waals surface area contributed by atoms with Crippen molar-refractivity contribution in [1.82, 2.24) is 9.97 Å². The first kappa shape index (κ1) is 12.0. The number of hydrogen-bond acceptors (Lipinski definition) is 3. The summed E-state index contributed by atoms with van der Waals surface area (Å²) in [5.41, 5.74) is 2.88. The van der Waals surface area contributed by atoms with E-state index in [-0.39, 0.29) is 0 Å². The summed E-state index contributed by atoms with van der Waals surface area (Å²) in [6.07, 6.45) is 1.78. The summed E-state index contributed by atoms with van der Waals surface area (Å²) in [6, 6.07) is 7.86. The second-order valence-electron chi connectivity index (χ2n) is 2.78. The summed E-state index contributed by atoms with van der Waals surface area (Å²) in [5.74, 6) is 0. The molecular weight excluding hydrogens is 228 g/mol. The number of aryl methyl sites for hydroxylation is 1. The number of thiol groups is 2. The lowest BCUT2D eigenvalue weighted by molar-refractivity contribution is 0.277. The molecule has 1 aromatic carbocycles. The van der Waals surface area contributed by atoms with Gasteiger partial charge < -0.3 is 0 Å². The van der Waals surface area contributed by atoms with Gasteiger partial charge >= 0.3 is 0 Å². The van der Waals surface area contributed by atoms with E-state index in [9.17, 15) is 4.79 Å². The molecule has 15 heavy (non-hydrogen) atoms. The molecular formula is C10H10N2OS2. The van der Waals surface area contributed by atoms with Crippen molar-refractivity contribution in [1.29, 1.82) is 0 Å². The summed E-state index contributed by atoms with van der Waals surface area (Å²) in [6.45, 7) is 1.94. The second kappa shape index (κ2) is 5.72. The highest BCUT2D eigenvalue weighted by molar-refractivity contribution is 8.23. The molecule has 0 unspecified atom stereocenters. The van der Waals surface area contributed by atoms with Crippen molar-refractivity contribution in [3.8, 4) is 0 Å². The number of fused-ring (bicyclic) bond motifs is 1. The van der Waals surface area contributed by atoms with Gasteiger partial charge in [0.2, 0.25) is 4.45 Å². The zero-order valence-electron chi connectivity index (χ0n) is 8.08. The molecule has 0 saturated heterocycles. The first-order valence-electron chi connectivity index (χ1n) is 4.20. The maximum absolute atomic E-state index is 9.17. The van der Waals surface area contributed by atoms with Gasteiger partial charge in [-0.05, 0) is 19.1 Å². The number of para-hydroxylation sites is 2. The van der Waals surface area contributed by atoms with Gasteiger partial charge in [0.15, 0.2) is 0 Å². The molecule has 0 aliphatic carbocycles. The average Bonchev–Trinajstić information content (AvgIpc) is 2.16. The fraction of sp³-hybridized carbons (Fsp3) is 0.100. The zero-order chi connectivity index (χ0) is 11.3. The predicted molar refractivity (Wildman–Crippen MR) is 67.6 cm³/mol. The fourth-order valence-corrected chi connectivity index (χ4v) is 1.05. The molecule has 0 fully saturated rings. The van der Waals surface area contributed by atoms with Crippen LogP contribution in [0, 0.1) is 6.92 Å². The Bertz CT molecular complexity index is 470. The molecule has 0 bridgehead atoms. The minimum atomic E-state index is -0.444. The molecule has 0 radical (unpaired) electrons. The van der Waals surface area contributed by atoms with Gasteiger partial charge in [0.05, 0.1) is 16.7 Å². The van der Waals surface area contributed by atoms with Crippen LogP contribution in [0.1, 0.15) is 5.69 Å². The first-order valence-corrected chi connectivity index (χ1v) is 5.09. The summed E-state index contributed by atoms with van der Waals surface area (Å²) in [7, 11) is 0. The largest absolute Gasteiger partial charge is 0.275 e. The number of nitrogens with zero attached hydrogens (tertiary/aromatic N) is 2. The third kappa shape index (κ3) is 4.31. The number of benzene rings is 1. The molecule has 0 saturated carbocycles. The van der Waals surface area contributed by atoms with Crippen LogP contribution in [0.15, 0.2) is 30.5 Å². The Morgan fingerprint density at radius 2 is 1.73 bits per heavy atom. The SMILES string of the molecule is Cc1cnc2ccccc2n1.O=C(S)S. The minimum absolute atomic E-state index is 0.444. The Hall–Kier alpha value is -1.07. The molecule has 0 aliphatic rings. The van der Waals surface area contributed by atoms with Crippen molar-refractivity contribution < 1.29 is 4.79 Å². The Morgan fingerprint density at radius 3 is 2.33 bits per heavy atom. The number of rotatable bonds is 0. The molecule has 0 amide bonds. The summed E-state index contributed by atoms with van der Waals surface area (Å²) in [5, 5.41) is 0. The van der Waals surface area contributed by atoms with Crippen molar-refractivity contribution in [2.75, 3.05) is 0 Å². The van der Waals surface area contributed by atoms with E-state index in [0.717, 1.165) is 16.7 Å². The molecule has 1 aromatic heterocycles. The zero-order valence-corrected chi connectivity index (χ0v) is 9.87. The molecule has 1 heterocycles. The minimum Gasteiger partial charge on any atom is -0.275 e. The molecule has 0 spiro atoms. The van der Waals surface area contributed by atoms with Gasteiger partial charge in [-0.25, -0.2) is 4.98 Å². The van der Waals surface area contributed by atoms with Crippen molar-refractivity contribution in [2.45, 2.75) is 6.92 Å². The van der Waals surface area contributed by atoms with E-state index in [4.69, 9.17) is 0 Å². The molecule has 78 valence electrons. The molecule has 2 rings (SSSR count). The van der Waals surface area contributed by atoms with Gasteiger partial charge in [0.1, 0.15) is 0 Å². The van der Waals surface area contributed by atoms with Crippen molar-refractivity contribution in [3.05, 3.63) is 36.2 Å². The summed E-state index contributed by atoms with van der Waals surface area (Å²) in [4.78, 5) is 17.7. The topological polar surface area (TPSA) is 42.9 Å². The van der Waals surface area contributed by atoms with Crippen LogP contribution in [-0.4, -0.2) is 14.4 Å². The van der Waals surface area contributed by atoms with E-state index in [1.54, 1.807) is 6.20 Å². The number of aromatic nitrogens is 2. The summed E-state index contributed by atoms with van der Waals surface area (Å²) >= 11 is 6.38. The molecule has 2 aromatic rings. The van der Waals surface area contributed by atoms with E-state index in [1.807, 2.05) is 31.2 Å². The van der Waals surface area contributed by atoms with Crippen molar-refractivity contribution >= 4 is 40.7 Å². The Kier molecular flexibility index (Phi) is 4.58. The van der Waals surface area contributed by atoms with Crippen molar-refractivity contribution in [2.24, 2.45) is 0 Å². The van der Waals surface area contributed by atoms with Crippen LogP contribution >= 0.6 is 25.3 Å². The lowest BCUT2D eigenvalue weighted by Gasteiger charge is -1.95. The van der Waals surface area contributed by atoms with Crippen LogP contribution < -0.4 is 0 Å². The highest BCUT2D eigenvalue weighted by atomic mass is 32.2. The van der Waals surface area contributed by atoms with E-state index in [2.05, 4.69) is 35.2 Å². The third-order valence-corrected chi connectivity index (χ3v) is 1.57.